The number of aromatic amines is 1. The molecule has 1 aliphatic rings. The maximum Gasteiger partial charge on any atom is 0.271 e. The summed E-state index contributed by atoms with van der Waals surface area (Å²) in [5.74, 6) is 0. The number of halogens is 1. The molecule has 1 aliphatic heterocycles. The van der Waals surface area contributed by atoms with Gasteiger partial charge in [0.2, 0.25) is 0 Å². The molecule has 29 heavy (non-hydrogen) atoms. The number of hydrogen-bond donors (Lipinski definition) is 2. The van der Waals surface area contributed by atoms with E-state index in [0.717, 1.165) is 46.1 Å². The van der Waals surface area contributed by atoms with Gasteiger partial charge in [-0.25, -0.2) is 8.42 Å². The molecule has 3 heterocycles. The number of nitrogens with zero attached hydrogens (tertiary/aromatic N) is 1. The van der Waals surface area contributed by atoms with Gasteiger partial charge in [-0.15, -0.1) is 11.3 Å². The van der Waals surface area contributed by atoms with Crippen molar-refractivity contribution in [3.63, 3.8) is 0 Å². The van der Waals surface area contributed by atoms with Crippen molar-refractivity contribution in [1.82, 2.24) is 9.88 Å². The van der Waals surface area contributed by atoms with E-state index in [1.54, 1.807) is 6.07 Å². The summed E-state index contributed by atoms with van der Waals surface area (Å²) in [7, 11) is -1.59. The topological polar surface area (TPSA) is 65.2 Å². The van der Waals surface area contributed by atoms with Crippen molar-refractivity contribution >= 4 is 59.6 Å². The minimum absolute atomic E-state index is 0.326. The van der Waals surface area contributed by atoms with Crippen LogP contribution < -0.4 is 4.72 Å². The molecule has 0 amide bonds. The Bertz CT molecular complexity index is 1370. The summed E-state index contributed by atoms with van der Waals surface area (Å²) in [6, 6.07) is 11.2. The number of sulfonamides is 1. The van der Waals surface area contributed by atoms with Crippen LogP contribution in [0.25, 0.3) is 21.0 Å². The quantitative estimate of drug-likeness (QED) is 0.459. The zero-order chi connectivity index (χ0) is 20.3. The van der Waals surface area contributed by atoms with Gasteiger partial charge in [-0.1, -0.05) is 11.6 Å². The fourth-order valence-corrected chi connectivity index (χ4v) is 7.04. The standard InChI is InChI=1S/C21H20ClN3O2S2/c1-12-16-9-13(22)3-6-20(16)28-21(12)29(26,27)24-14-4-5-18-17(10-14)15-7-8-25(2)11-19(15)23-18/h3-6,9-10,23-24H,7-8,11H2,1-2H3. The first kappa shape index (κ1) is 18.9. The van der Waals surface area contributed by atoms with E-state index in [2.05, 4.69) is 21.7 Å². The largest absolute Gasteiger partial charge is 0.357 e. The van der Waals surface area contributed by atoms with E-state index in [9.17, 15) is 8.42 Å². The molecule has 5 nitrogen and oxygen atoms in total. The van der Waals surface area contributed by atoms with Crippen LogP contribution in [-0.4, -0.2) is 31.9 Å². The van der Waals surface area contributed by atoms with Gasteiger partial charge in [-0.05, 0) is 73.3 Å². The molecule has 0 aliphatic carbocycles. The fourth-order valence-electron chi connectivity index (χ4n) is 4.07. The van der Waals surface area contributed by atoms with Crippen molar-refractivity contribution in [2.24, 2.45) is 0 Å². The normalized spacial score (nSPS) is 15.1. The van der Waals surface area contributed by atoms with Gasteiger partial charge >= 0.3 is 0 Å². The number of hydrogen-bond acceptors (Lipinski definition) is 4. The Morgan fingerprint density at radius 2 is 2.00 bits per heavy atom. The summed E-state index contributed by atoms with van der Waals surface area (Å²) in [6.45, 7) is 3.71. The first-order valence-electron chi connectivity index (χ1n) is 9.35. The molecule has 150 valence electrons. The van der Waals surface area contributed by atoms with E-state index in [1.165, 1.54) is 22.6 Å². The molecule has 4 aromatic rings. The second-order valence-electron chi connectivity index (χ2n) is 7.59. The number of aryl methyl sites for hydroxylation is 1. The smallest absolute Gasteiger partial charge is 0.271 e. The number of anilines is 1. The lowest BCUT2D eigenvalue weighted by Crippen LogP contribution is -2.26. The molecule has 8 heteroatoms. The fraction of sp³-hybridized carbons (Fsp3) is 0.238. The van der Waals surface area contributed by atoms with Crippen LogP contribution in [0.2, 0.25) is 5.02 Å². The molecule has 5 rings (SSSR count). The third-order valence-electron chi connectivity index (χ3n) is 5.52. The zero-order valence-corrected chi connectivity index (χ0v) is 18.4. The summed E-state index contributed by atoms with van der Waals surface area (Å²) in [5.41, 5.74) is 4.84. The average Bonchev–Trinajstić information content (AvgIpc) is 3.19. The van der Waals surface area contributed by atoms with Crippen LogP contribution in [0, 0.1) is 6.92 Å². The SMILES string of the molecule is Cc1c(S(=O)(=O)Nc2ccc3[nH]c4c(c3c2)CCN(C)C4)sc2ccc(Cl)cc12. The molecule has 0 radical (unpaired) electrons. The van der Waals surface area contributed by atoms with Crippen molar-refractivity contribution in [1.29, 1.82) is 0 Å². The number of thiophene rings is 1. The van der Waals surface area contributed by atoms with Crippen LogP contribution in [0.15, 0.2) is 40.6 Å². The Morgan fingerprint density at radius 3 is 2.83 bits per heavy atom. The molecule has 0 atom stereocenters. The molecule has 2 aromatic carbocycles. The van der Waals surface area contributed by atoms with Gasteiger partial charge in [-0.2, -0.15) is 0 Å². The molecule has 0 spiro atoms. The lowest BCUT2D eigenvalue weighted by molar-refractivity contribution is 0.310. The number of H-pyrrole nitrogens is 1. The zero-order valence-electron chi connectivity index (χ0n) is 16.0. The van der Waals surface area contributed by atoms with E-state index in [1.807, 2.05) is 37.3 Å². The molecule has 0 bridgehead atoms. The Labute approximate surface area is 178 Å². The van der Waals surface area contributed by atoms with Crippen LogP contribution in [0.1, 0.15) is 16.8 Å². The van der Waals surface area contributed by atoms with Gasteiger partial charge in [0.1, 0.15) is 4.21 Å². The number of fused-ring (bicyclic) bond motifs is 4. The Balaban J connectivity index is 1.54. The number of nitrogens with one attached hydrogen (secondary N) is 2. The number of aromatic nitrogens is 1. The van der Waals surface area contributed by atoms with E-state index in [-0.39, 0.29) is 0 Å². The summed E-state index contributed by atoms with van der Waals surface area (Å²) >= 11 is 7.36. The van der Waals surface area contributed by atoms with Crippen molar-refractivity contribution in [3.8, 4) is 0 Å². The Morgan fingerprint density at radius 1 is 1.17 bits per heavy atom. The molecule has 0 saturated heterocycles. The summed E-state index contributed by atoms with van der Waals surface area (Å²) in [5, 5.41) is 2.57. The molecule has 0 unspecified atom stereocenters. The van der Waals surface area contributed by atoms with Gasteiger partial charge in [0.15, 0.2) is 0 Å². The van der Waals surface area contributed by atoms with E-state index < -0.39 is 10.0 Å². The van der Waals surface area contributed by atoms with E-state index in [0.29, 0.717) is 14.9 Å². The lowest BCUT2D eigenvalue weighted by atomic mass is 10.0. The molecule has 2 N–H and O–H groups in total. The van der Waals surface area contributed by atoms with Crippen molar-refractivity contribution in [2.45, 2.75) is 24.1 Å². The monoisotopic (exact) mass is 445 g/mol. The third kappa shape index (κ3) is 3.22. The van der Waals surface area contributed by atoms with Gasteiger partial charge in [0.05, 0.1) is 0 Å². The van der Waals surface area contributed by atoms with Crippen LogP contribution in [-0.2, 0) is 23.0 Å². The van der Waals surface area contributed by atoms with Crippen LogP contribution in [0.5, 0.6) is 0 Å². The maximum absolute atomic E-state index is 13.1. The highest BCUT2D eigenvalue weighted by molar-refractivity contribution is 7.94. The van der Waals surface area contributed by atoms with Crippen molar-refractivity contribution < 1.29 is 8.42 Å². The minimum atomic E-state index is -3.69. The highest BCUT2D eigenvalue weighted by atomic mass is 35.5. The van der Waals surface area contributed by atoms with Crippen molar-refractivity contribution in [3.05, 3.63) is 58.2 Å². The molecule has 2 aromatic heterocycles. The molecule has 0 fully saturated rings. The average molecular weight is 446 g/mol. The van der Waals surface area contributed by atoms with Gasteiger partial charge in [0, 0.05) is 45.1 Å². The Hall–Kier alpha value is -2.06. The number of rotatable bonds is 3. The predicted molar refractivity (Wildman–Crippen MR) is 121 cm³/mol. The first-order valence-corrected chi connectivity index (χ1v) is 12.0. The van der Waals surface area contributed by atoms with E-state index in [4.69, 9.17) is 11.6 Å². The number of benzene rings is 2. The highest BCUT2D eigenvalue weighted by Crippen LogP contribution is 2.37. The highest BCUT2D eigenvalue weighted by Gasteiger charge is 2.23. The summed E-state index contributed by atoms with van der Waals surface area (Å²) < 4.78 is 30.3. The maximum atomic E-state index is 13.1. The van der Waals surface area contributed by atoms with E-state index >= 15 is 0 Å². The summed E-state index contributed by atoms with van der Waals surface area (Å²) in [4.78, 5) is 5.75. The van der Waals surface area contributed by atoms with Crippen LogP contribution >= 0.6 is 22.9 Å². The minimum Gasteiger partial charge on any atom is -0.357 e. The molecular weight excluding hydrogens is 426 g/mol. The summed E-state index contributed by atoms with van der Waals surface area (Å²) in [6.07, 6.45) is 0.957. The lowest BCUT2D eigenvalue weighted by Gasteiger charge is -2.22. The second-order valence-corrected chi connectivity index (χ2v) is 11.0. The van der Waals surface area contributed by atoms with Gasteiger partial charge in [0.25, 0.3) is 10.0 Å². The van der Waals surface area contributed by atoms with Crippen LogP contribution in [0.4, 0.5) is 5.69 Å². The molecule has 0 saturated carbocycles. The first-order chi connectivity index (χ1) is 13.8. The van der Waals surface area contributed by atoms with Gasteiger partial charge in [-0.3, -0.25) is 4.72 Å². The predicted octanol–water partition coefficient (Wildman–Crippen LogP) is 5.13. The van der Waals surface area contributed by atoms with Crippen LogP contribution in [0.3, 0.4) is 0 Å². The Kier molecular flexibility index (Phi) is 4.40. The number of likely N-dealkylation sites (N-methyl/N-ethyl adjacent to an activating group) is 1. The second kappa shape index (κ2) is 6.74. The third-order valence-corrected chi connectivity index (χ3v) is 9.03. The molecular formula is C21H20ClN3O2S2. The van der Waals surface area contributed by atoms with Gasteiger partial charge < -0.3 is 9.88 Å². The van der Waals surface area contributed by atoms with Crippen molar-refractivity contribution in [2.75, 3.05) is 18.3 Å².